The summed E-state index contributed by atoms with van der Waals surface area (Å²) in [5.74, 6) is 1.11. The van der Waals surface area contributed by atoms with E-state index in [1.807, 2.05) is 24.3 Å². The maximum absolute atomic E-state index is 11.0. The van der Waals surface area contributed by atoms with Crippen LogP contribution in [-0.2, 0) is 5.60 Å². The van der Waals surface area contributed by atoms with Crippen molar-refractivity contribution in [3.63, 3.8) is 0 Å². The Morgan fingerprint density at radius 3 is 2.56 bits per heavy atom. The van der Waals surface area contributed by atoms with E-state index in [2.05, 4.69) is 25.3 Å². The van der Waals surface area contributed by atoms with Crippen molar-refractivity contribution in [2.75, 3.05) is 7.11 Å². The molecular formula is C15H25AsO2. The van der Waals surface area contributed by atoms with Gasteiger partial charge >= 0.3 is 116 Å². The quantitative estimate of drug-likeness (QED) is 0.812. The third-order valence-corrected chi connectivity index (χ3v) is 6.24. The van der Waals surface area contributed by atoms with E-state index >= 15 is 0 Å². The van der Waals surface area contributed by atoms with Gasteiger partial charge in [-0.15, -0.1) is 0 Å². The summed E-state index contributed by atoms with van der Waals surface area (Å²) in [5.41, 5.74) is 4.93. The molecule has 1 aromatic rings. The van der Waals surface area contributed by atoms with Gasteiger partial charge in [0.2, 0.25) is 0 Å². The zero-order valence-electron chi connectivity index (χ0n) is 12.1. The Hall–Kier alpha value is -0.462. The summed E-state index contributed by atoms with van der Waals surface area (Å²) < 4.78 is 5.25. The predicted molar refractivity (Wildman–Crippen MR) is 78.6 cm³/mol. The molecule has 0 heterocycles. The number of ether oxygens (including phenoxy) is 1. The van der Waals surface area contributed by atoms with Gasteiger partial charge in [0, 0.05) is 0 Å². The molecule has 0 radical (unpaired) electrons. The van der Waals surface area contributed by atoms with Crippen LogP contribution < -0.4 is 4.74 Å². The van der Waals surface area contributed by atoms with Crippen molar-refractivity contribution in [2.45, 2.75) is 42.5 Å². The van der Waals surface area contributed by atoms with Gasteiger partial charge in [0.1, 0.15) is 0 Å². The molecule has 1 aromatic carbocycles. The van der Waals surface area contributed by atoms with E-state index in [9.17, 15) is 5.11 Å². The summed E-state index contributed by atoms with van der Waals surface area (Å²) in [7, 11) is 1.66. The molecule has 0 saturated heterocycles. The monoisotopic (exact) mass is 312 g/mol. The van der Waals surface area contributed by atoms with Crippen molar-refractivity contribution in [2.24, 2.45) is 5.92 Å². The fourth-order valence-electron chi connectivity index (χ4n) is 2.43. The first kappa shape index (κ1) is 15.6. The molecule has 1 N–H and O–H groups in total. The summed E-state index contributed by atoms with van der Waals surface area (Å²) in [6, 6.07) is 7.84. The van der Waals surface area contributed by atoms with Gasteiger partial charge in [-0.05, 0) is 0 Å². The number of aliphatic hydroxyl groups is 1. The van der Waals surface area contributed by atoms with E-state index in [0.29, 0.717) is 5.92 Å². The van der Waals surface area contributed by atoms with Crippen LogP contribution in [0.25, 0.3) is 0 Å². The Morgan fingerprint density at radius 2 is 2.06 bits per heavy atom. The Kier molecular flexibility index (Phi) is 5.75. The molecule has 0 fully saturated rings. The second kappa shape index (κ2) is 6.63. The molecule has 102 valence electrons. The zero-order chi connectivity index (χ0) is 13.8. The SMILES string of the molecule is CCC(O)(c1cccc(OC)c1)C(C)C[As](C)C. The van der Waals surface area contributed by atoms with Crippen LogP contribution in [0, 0.1) is 5.92 Å². The molecule has 0 aliphatic rings. The minimum atomic E-state index is -0.740. The number of hydrogen-bond donors (Lipinski definition) is 1. The summed E-state index contributed by atoms with van der Waals surface area (Å²) in [6.45, 7) is 4.22. The first-order valence-electron chi connectivity index (χ1n) is 6.45. The fraction of sp³-hybridized carbons (Fsp3) is 0.600. The van der Waals surface area contributed by atoms with E-state index in [0.717, 1.165) is 22.9 Å². The minimum absolute atomic E-state index is 0.296. The van der Waals surface area contributed by atoms with Crippen LogP contribution in [0.4, 0.5) is 0 Å². The number of hydrogen-bond acceptors (Lipinski definition) is 2. The van der Waals surface area contributed by atoms with Crippen LogP contribution in [0.3, 0.4) is 0 Å². The van der Waals surface area contributed by atoms with E-state index in [-0.39, 0.29) is 0 Å². The molecule has 2 atom stereocenters. The van der Waals surface area contributed by atoms with Gasteiger partial charge in [0.05, 0.1) is 0 Å². The third kappa shape index (κ3) is 3.52. The molecule has 0 spiro atoms. The molecule has 0 bridgehead atoms. The molecule has 0 aromatic heterocycles. The summed E-state index contributed by atoms with van der Waals surface area (Å²) in [5, 5.41) is 12.2. The van der Waals surface area contributed by atoms with Crippen LogP contribution in [0.2, 0.25) is 16.6 Å². The van der Waals surface area contributed by atoms with Crippen LogP contribution >= 0.6 is 0 Å². The Balaban J connectivity index is 3.05. The molecule has 0 aliphatic carbocycles. The van der Waals surface area contributed by atoms with Crippen LogP contribution in [-0.4, -0.2) is 26.9 Å². The second-order valence-electron chi connectivity index (χ2n) is 5.17. The molecule has 0 saturated carbocycles. The van der Waals surface area contributed by atoms with E-state index in [1.165, 1.54) is 0 Å². The molecular weight excluding hydrogens is 287 g/mol. The molecule has 2 nitrogen and oxygen atoms in total. The number of methoxy groups -OCH3 is 1. The van der Waals surface area contributed by atoms with Gasteiger partial charge in [-0.1, -0.05) is 0 Å². The van der Waals surface area contributed by atoms with Gasteiger partial charge < -0.3 is 0 Å². The van der Waals surface area contributed by atoms with E-state index in [1.54, 1.807) is 7.11 Å². The normalized spacial score (nSPS) is 16.4. The standard InChI is InChI=1S/C15H25AsO2/c1-6-15(17,12(2)11-16(3)4)13-8-7-9-14(10-13)18-5/h7-10,12,17H,6,11H2,1-5H3. The first-order chi connectivity index (χ1) is 8.43. The van der Waals surface area contributed by atoms with Gasteiger partial charge in [-0.25, -0.2) is 0 Å². The van der Waals surface area contributed by atoms with Crippen LogP contribution in [0.1, 0.15) is 25.8 Å². The summed E-state index contributed by atoms with van der Waals surface area (Å²) >= 11 is -0.740. The third-order valence-electron chi connectivity index (χ3n) is 3.56. The molecule has 1 rings (SSSR count). The molecule has 0 aliphatic heterocycles. The van der Waals surface area contributed by atoms with Crippen molar-refractivity contribution in [3.8, 4) is 5.75 Å². The summed E-state index contributed by atoms with van der Waals surface area (Å²) in [4.78, 5) is 0. The van der Waals surface area contributed by atoms with Crippen molar-refractivity contribution in [1.29, 1.82) is 0 Å². The van der Waals surface area contributed by atoms with Gasteiger partial charge in [0.25, 0.3) is 0 Å². The zero-order valence-corrected chi connectivity index (χ0v) is 14.0. The van der Waals surface area contributed by atoms with Crippen molar-refractivity contribution in [3.05, 3.63) is 29.8 Å². The topological polar surface area (TPSA) is 29.5 Å². The van der Waals surface area contributed by atoms with Gasteiger partial charge in [-0.3, -0.25) is 0 Å². The predicted octanol–water partition coefficient (Wildman–Crippen LogP) is 3.68. The van der Waals surface area contributed by atoms with E-state index < -0.39 is 20.3 Å². The molecule has 3 heteroatoms. The number of rotatable bonds is 6. The van der Waals surface area contributed by atoms with E-state index in [4.69, 9.17) is 4.74 Å². The average molecular weight is 312 g/mol. The molecule has 2 unspecified atom stereocenters. The second-order valence-corrected chi connectivity index (χ2v) is 10.5. The average Bonchev–Trinajstić information content (AvgIpc) is 2.37. The van der Waals surface area contributed by atoms with Crippen molar-refractivity contribution < 1.29 is 9.84 Å². The molecule has 18 heavy (non-hydrogen) atoms. The Morgan fingerprint density at radius 1 is 1.39 bits per heavy atom. The number of benzene rings is 1. The van der Waals surface area contributed by atoms with Crippen molar-refractivity contribution >= 4 is 14.7 Å². The van der Waals surface area contributed by atoms with Crippen molar-refractivity contribution in [1.82, 2.24) is 0 Å². The Bertz CT molecular complexity index is 379. The molecule has 0 amide bonds. The van der Waals surface area contributed by atoms with Gasteiger partial charge in [0.15, 0.2) is 0 Å². The van der Waals surface area contributed by atoms with Crippen LogP contribution in [0.5, 0.6) is 5.75 Å². The Labute approximate surface area is 116 Å². The first-order valence-corrected chi connectivity index (χ1v) is 11.5. The fourth-order valence-corrected chi connectivity index (χ4v) is 5.36. The van der Waals surface area contributed by atoms with Crippen LogP contribution in [0.15, 0.2) is 24.3 Å². The van der Waals surface area contributed by atoms with Gasteiger partial charge in [-0.2, -0.15) is 0 Å². The maximum atomic E-state index is 11.0. The summed E-state index contributed by atoms with van der Waals surface area (Å²) in [6.07, 6.45) is 0.740.